The largest absolute Gasteiger partial charge is 0.493 e. The number of methoxy groups -OCH3 is 3. The first kappa shape index (κ1) is 18.1. The molecule has 0 N–H and O–H groups in total. The Kier molecular flexibility index (Phi) is 5.37. The van der Waals surface area contributed by atoms with Crippen LogP contribution in [0.3, 0.4) is 0 Å². The van der Waals surface area contributed by atoms with Crippen molar-refractivity contribution in [3.63, 3.8) is 0 Å². The highest BCUT2D eigenvalue weighted by Gasteiger charge is 2.36. The fourth-order valence-electron chi connectivity index (χ4n) is 2.92. The summed E-state index contributed by atoms with van der Waals surface area (Å²) in [6, 6.07) is 12.4. The second-order valence-electron chi connectivity index (χ2n) is 5.55. The molecule has 0 spiro atoms. The summed E-state index contributed by atoms with van der Waals surface area (Å²) in [5, 5.41) is -0.239. The number of nitrogens with zero attached hydrogens (tertiary/aromatic N) is 1. The van der Waals surface area contributed by atoms with E-state index >= 15 is 0 Å². The van der Waals surface area contributed by atoms with Crippen LogP contribution in [0.2, 0.25) is 0 Å². The Labute approximate surface area is 156 Å². The van der Waals surface area contributed by atoms with Gasteiger partial charge in [-0.2, -0.15) is 0 Å². The summed E-state index contributed by atoms with van der Waals surface area (Å²) in [6.07, 6.45) is 0. The maximum atomic E-state index is 12.5. The van der Waals surface area contributed by atoms with Gasteiger partial charge in [0.15, 0.2) is 11.5 Å². The van der Waals surface area contributed by atoms with Crippen molar-refractivity contribution in [1.82, 2.24) is 0 Å². The summed E-state index contributed by atoms with van der Waals surface area (Å²) in [7, 11) is 4.50. The normalized spacial score (nSPS) is 16.5. The molecule has 26 heavy (non-hydrogen) atoms. The summed E-state index contributed by atoms with van der Waals surface area (Å²) in [6.45, 7) is 0. The number of esters is 1. The molecule has 1 aliphatic heterocycles. The van der Waals surface area contributed by atoms with Crippen LogP contribution in [0.15, 0.2) is 42.5 Å². The highest BCUT2D eigenvalue weighted by atomic mass is 32.2. The Balaban J connectivity index is 1.99. The van der Waals surface area contributed by atoms with Gasteiger partial charge in [0, 0.05) is 11.3 Å². The molecule has 0 aliphatic carbocycles. The number of benzene rings is 2. The average molecular weight is 373 g/mol. The topological polar surface area (TPSA) is 65.1 Å². The van der Waals surface area contributed by atoms with Crippen molar-refractivity contribution in [3.05, 3.63) is 53.6 Å². The fraction of sp³-hybridized carbons (Fsp3) is 0.263. The Bertz CT molecular complexity index is 821. The number of carbonyl (C=O) groups excluding carboxylic acids is 2. The van der Waals surface area contributed by atoms with Crippen molar-refractivity contribution >= 4 is 29.3 Å². The predicted octanol–water partition coefficient (Wildman–Crippen LogP) is 3.27. The number of carbonyl (C=O) groups is 2. The number of rotatable bonds is 5. The van der Waals surface area contributed by atoms with E-state index in [1.165, 1.54) is 18.9 Å². The molecule has 2 aromatic carbocycles. The number of anilines is 1. The summed E-state index contributed by atoms with van der Waals surface area (Å²) in [4.78, 5) is 25.9. The second-order valence-corrected chi connectivity index (χ2v) is 6.62. The molecule has 1 saturated heterocycles. The van der Waals surface area contributed by atoms with Gasteiger partial charge in [0.2, 0.25) is 5.91 Å². The lowest BCUT2D eigenvalue weighted by molar-refractivity contribution is -0.115. The van der Waals surface area contributed by atoms with Crippen molar-refractivity contribution in [2.45, 2.75) is 5.37 Å². The van der Waals surface area contributed by atoms with Crippen LogP contribution in [0.25, 0.3) is 0 Å². The SMILES string of the molecule is COC(=O)c1ccc(N2C(=O)CSC2c2cccc(OC)c2OC)cc1. The van der Waals surface area contributed by atoms with Gasteiger partial charge >= 0.3 is 5.97 Å². The second kappa shape index (κ2) is 7.70. The quantitative estimate of drug-likeness (QED) is 0.750. The summed E-state index contributed by atoms with van der Waals surface area (Å²) < 4.78 is 15.6. The molecule has 1 fully saturated rings. The smallest absolute Gasteiger partial charge is 0.337 e. The Morgan fingerprint density at radius 1 is 1.08 bits per heavy atom. The average Bonchev–Trinajstić information content (AvgIpc) is 3.07. The predicted molar refractivity (Wildman–Crippen MR) is 100 cm³/mol. The van der Waals surface area contributed by atoms with E-state index in [0.29, 0.717) is 28.5 Å². The van der Waals surface area contributed by atoms with Crippen molar-refractivity contribution < 1.29 is 23.8 Å². The van der Waals surface area contributed by atoms with Gasteiger partial charge < -0.3 is 14.2 Å². The highest BCUT2D eigenvalue weighted by molar-refractivity contribution is 8.00. The van der Waals surface area contributed by atoms with Crippen LogP contribution in [0, 0.1) is 0 Å². The van der Waals surface area contributed by atoms with Crippen LogP contribution < -0.4 is 14.4 Å². The third-order valence-corrected chi connectivity index (χ3v) is 5.33. The van der Waals surface area contributed by atoms with E-state index in [1.807, 2.05) is 18.2 Å². The van der Waals surface area contributed by atoms with Crippen molar-refractivity contribution in [2.24, 2.45) is 0 Å². The number of amides is 1. The molecule has 1 amide bonds. The van der Waals surface area contributed by atoms with Crippen LogP contribution in [-0.2, 0) is 9.53 Å². The lowest BCUT2D eigenvalue weighted by atomic mass is 10.1. The third kappa shape index (κ3) is 3.22. The minimum atomic E-state index is -0.412. The van der Waals surface area contributed by atoms with Gasteiger partial charge in [-0.1, -0.05) is 12.1 Å². The number of para-hydroxylation sites is 1. The molecule has 2 aromatic rings. The van der Waals surface area contributed by atoms with Crippen LogP contribution >= 0.6 is 11.8 Å². The molecular weight excluding hydrogens is 354 g/mol. The van der Waals surface area contributed by atoms with Gasteiger partial charge in [0.25, 0.3) is 0 Å². The Morgan fingerprint density at radius 3 is 2.42 bits per heavy atom. The molecule has 0 aromatic heterocycles. The van der Waals surface area contributed by atoms with E-state index in [-0.39, 0.29) is 11.3 Å². The van der Waals surface area contributed by atoms with E-state index in [4.69, 9.17) is 14.2 Å². The van der Waals surface area contributed by atoms with E-state index in [9.17, 15) is 9.59 Å². The third-order valence-electron chi connectivity index (χ3n) is 4.13. The van der Waals surface area contributed by atoms with Gasteiger partial charge in [-0.25, -0.2) is 4.79 Å². The van der Waals surface area contributed by atoms with Gasteiger partial charge in [-0.05, 0) is 30.3 Å². The van der Waals surface area contributed by atoms with Gasteiger partial charge in [-0.15, -0.1) is 11.8 Å². The molecule has 1 heterocycles. The van der Waals surface area contributed by atoms with Crippen molar-refractivity contribution in [1.29, 1.82) is 0 Å². The number of thioether (sulfide) groups is 1. The molecule has 1 aliphatic rings. The van der Waals surface area contributed by atoms with Crippen LogP contribution in [0.5, 0.6) is 11.5 Å². The van der Waals surface area contributed by atoms with Crippen LogP contribution in [0.1, 0.15) is 21.3 Å². The van der Waals surface area contributed by atoms with Gasteiger partial charge in [0.1, 0.15) is 5.37 Å². The molecule has 0 bridgehead atoms. The number of ether oxygens (including phenoxy) is 3. The number of hydrogen-bond acceptors (Lipinski definition) is 6. The zero-order valence-electron chi connectivity index (χ0n) is 14.7. The van der Waals surface area contributed by atoms with E-state index in [1.54, 1.807) is 43.4 Å². The minimum Gasteiger partial charge on any atom is -0.493 e. The molecule has 136 valence electrons. The Morgan fingerprint density at radius 2 is 1.81 bits per heavy atom. The summed E-state index contributed by atoms with van der Waals surface area (Å²) in [5.41, 5.74) is 2.01. The maximum Gasteiger partial charge on any atom is 0.337 e. The standard InChI is InChI=1S/C19H19NO5S/c1-23-15-6-4-5-14(17(15)24-2)18-20(16(21)11-26-18)13-9-7-12(8-10-13)19(22)25-3/h4-10,18H,11H2,1-3H3. The molecule has 3 rings (SSSR count). The maximum absolute atomic E-state index is 12.5. The molecule has 0 saturated carbocycles. The van der Waals surface area contributed by atoms with E-state index in [0.717, 1.165) is 5.56 Å². The molecule has 0 radical (unpaired) electrons. The van der Waals surface area contributed by atoms with Gasteiger partial charge in [0.05, 0.1) is 32.6 Å². The summed E-state index contributed by atoms with van der Waals surface area (Å²) in [5.74, 6) is 1.17. The van der Waals surface area contributed by atoms with Crippen molar-refractivity contribution in [2.75, 3.05) is 32.0 Å². The zero-order chi connectivity index (χ0) is 18.7. The van der Waals surface area contributed by atoms with Gasteiger partial charge in [-0.3, -0.25) is 9.69 Å². The molecular formula is C19H19NO5S. The lowest BCUT2D eigenvalue weighted by Crippen LogP contribution is -2.28. The Hall–Kier alpha value is -2.67. The van der Waals surface area contributed by atoms with Crippen molar-refractivity contribution in [3.8, 4) is 11.5 Å². The first-order valence-corrected chi connectivity index (χ1v) is 8.98. The molecule has 1 atom stereocenters. The minimum absolute atomic E-state index is 0.00399. The number of hydrogen-bond donors (Lipinski definition) is 0. The molecule has 7 heteroatoms. The monoisotopic (exact) mass is 373 g/mol. The van der Waals surface area contributed by atoms with Crippen LogP contribution in [-0.4, -0.2) is 39.0 Å². The highest BCUT2D eigenvalue weighted by Crippen LogP contribution is 2.47. The lowest BCUT2D eigenvalue weighted by Gasteiger charge is -2.26. The summed E-state index contributed by atoms with van der Waals surface area (Å²) >= 11 is 1.52. The van der Waals surface area contributed by atoms with E-state index < -0.39 is 5.97 Å². The van der Waals surface area contributed by atoms with E-state index in [2.05, 4.69) is 0 Å². The zero-order valence-corrected chi connectivity index (χ0v) is 15.5. The molecule has 1 unspecified atom stereocenters. The first-order valence-electron chi connectivity index (χ1n) is 7.93. The van der Waals surface area contributed by atoms with Crippen LogP contribution in [0.4, 0.5) is 5.69 Å². The first-order chi connectivity index (χ1) is 12.6. The molecule has 6 nitrogen and oxygen atoms in total. The fourth-order valence-corrected chi connectivity index (χ4v) is 4.11.